The number of rotatable bonds is 6. The molecule has 2 nitrogen and oxygen atoms in total. The molecule has 3 heteroatoms. The van der Waals surface area contributed by atoms with Crippen molar-refractivity contribution in [2.75, 3.05) is 7.05 Å². The van der Waals surface area contributed by atoms with E-state index in [0.717, 1.165) is 12.0 Å². The summed E-state index contributed by atoms with van der Waals surface area (Å²) in [5, 5.41) is 3.03. The average Bonchev–Trinajstić information content (AvgIpc) is 2.52. The van der Waals surface area contributed by atoms with Crippen molar-refractivity contribution >= 4 is 0 Å². The van der Waals surface area contributed by atoms with Crippen LogP contribution in [0.2, 0.25) is 0 Å². The lowest BCUT2D eigenvalue weighted by molar-refractivity contribution is 0.304. The van der Waals surface area contributed by atoms with Crippen molar-refractivity contribution in [3.05, 3.63) is 65.0 Å². The van der Waals surface area contributed by atoms with Crippen molar-refractivity contribution in [2.45, 2.75) is 32.9 Å². The van der Waals surface area contributed by atoms with E-state index in [1.807, 2.05) is 32.2 Å². The Morgan fingerprint density at radius 3 is 2.33 bits per heavy atom. The van der Waals surface area contributed by atoms with Crippen molar-refractivity contribution in [1.29, 1.82) is 0 Å². The second kappa shape index (κ2) is 7.23. The van der Waals surface area contributed by atoms with Crippen LogP contribution in [0.1, 0.15) is 36.6 Å². The third kappa shape index (κ3) is 4.05. The van der Waals surface area contributed by atoms with Gasteiger partial charge in [-0.15, -0.1) is 0 Å². The average molecular weight is 287 g/mol. The summed E-state index contributed by atoms with van der Waals surface area (Å²) in [6.45, 7) is 4.50. The lowest BCUT2D eigenvalue weighted by atomic mass is 10.1. The van der Waals surface area contributed by atoms with E-state index >= 15 is 0 Å². The van der Waals surface area contributed by atoms with Gasteiger partial charge in [-0.3, -0.25) is 0 Å². The van der Waals surface area contributed by atoms with Gasteiger partial charge in [0.15, 0.2) is 0 Å². The minimum Gasteiger partial charge on any atom is -0.489 e. The van der Waals surface area contributed by atoms with Crippen LogP contribution in [0.25, 0.3) is 0 Å². The largest absolute Gasteiger partial charge is 0.489 e. The number of halogens is 1. The van der Waals surface area contributed by atoms with Gasteiger partial charge >= 0.3 is 0 Å². The first-order valence-corrected chi connectivity index (χ1v) is 7.31. The first-order valence-electron chi connectivity index (χ1n) is 7.31. The number of benzene rings is 2. The van der Waals surface area contributed by atoms with Crippen LogP contribution in [0.15, 0.2) is 42.5 Å². The molecule has 2 rings (SSSR count). The van der Waals surface area contributed by atoms with Crippen LogP contribution in [0.5, 0.6) is 5.75 Å². The van der Waals surface area contributed by atoms with Gasteiger partial charge in [-0.2, -0.15) is 0 Å². The van der Waals surface area contributed by atoms with Crippen LogP contribution in [0.3, 0.4) is 0 Å². The molecule has 1 unspecified atom stereocenters. The van der Waals surface area contributed by atoms with E-state index in [9.17, 15) is 4.39 Å². The molecule has 2 aromatic carbocycles. The Labute approximate surface area is 126 Å². The quantitative estimate of drug-likeness (QED) is 0.857. The standard InChI is InChI=1S/C18H22FNO/c1-4-14-5-7-15(8-6-14)12-21-16-9-10-17(13(2)20-3)18(19)11-16/h5-11,13,20H,4,12H2,1-3H3. The van der Waals surface area contributed by atoms with Crippen molar-refractivity contribution in [3.8, 4) is 5.75 Å². The van der Waals surface area contributed by atoms with Crippen LogP contribution in [-0.2, 0) is 13.0 Å². The van der Waals surface area contributed by atoms with Gasteiger partial charge in [0.25, 0.3) is 0 Å². The fraction of sp³-hybridized carbons (Fsp3) is 0.333. The van der Waals surface area contributed by atoms with Crippen LogP contribution in [-0.4, -0.2) is 7.05 Å². The van der Waals surface area contributed by atoms with E-state index < -0.39 is 0 Å². The Hall–Kier alpha value is -1.87. The molecular weight excluding hydrogens is 265 g/mol. The van der Waals surface area contributed by atoms with E-state index in [-0.39, 0.29) is 11.9 Å². The van der Waals surface area contributed by atoms with Crippen molar-refractivity contribution in [1.82, 2.24) is 5.32 Å². The summed E-state index contributed by atoms with van der Waals surface area (Å²) in [7, 11) is 1.81. The summed E-state index contributed by atoms with van der Waals surface area (Å²) in [4.78, 5) is 0. The van der Waals surface area contributed by atoms with E-state index in [1.54, 1.807) is 6.07 Å². The van der Waals surface area contributed by atoms with E-state index in [2.05, 4.69) is 24.4 Å². The summed E-state index contributed by atoms with van der Waals surface area (Å²) < 4.78 is 19.6. The monoisotopic (exact) mass is 287 g/mol. The van der Waals surface area contributed by atoms with Crippen molar-refractivity contribution in [2.24, 2.45) is 0 Å². The molecule has 0 bridgehead atoms. The Bertz CT molecular complexity index is 580. The second-order valence-electron chi connectivity index (χ2n) is 5.15. The number of hydrogen-bond donors (Lipinski definition) is 1. The van der Waals surface area contributed by atoms with Crippen molar-refractivity contribution in [3.63, 3.8) is 0 Å². The Kier molecular flexibility index (Phi) is 5.34. The second-order valence-corrected chi connectivity index (χ2v) is 5.15. The van der Waals surface area contributed by atoms with Crippen LogP contribution >= 0.6 is 0 Å². The maximum Gasteiger partial charge on any atom is 0.131 e. The molecule has 0 spiro atoms. The normalized spacial score (nSPS) is 12.2. The minimum atomic E-state index is -0.240. The zero-order valence-corrected chi connectivity index (χ0v) is 12.8. The molecule has 0 aromatic heterocycles. The molecule has 0 fully saturated rings. The maximum atomic E-state index is 14.0. The fourth-order valence-corrected chi connectivity index (χ4v) is 2.14. The number of nitrogens with one attached hydrogen (secondary N) is 1. The molecule has 1 N–H and O–H groups in total. The van der Waals surface area contributed by atoms with E-state index in [1.165, 1.54) is 11.6 Å². The van der Waals surface area contributed by atoms with Gasteiger partial charge < -0.3 is 10.1 Å². The zero-order chi connectivity index (χ0) is 15.2. The first kappa shape index (κ1) is 15.5. The molecular formula is C18H22FNO. The third-order valence-electron chi connectivity index (χ3n) is 3.71. The van der Waals surface area contributed by atoms with Gasteiger partial charge in [-0.25, -0.2) is 4.39 Å². The molecule has 0 radical (unpaired) electrons. The molecule has 0 amide bonds. The van der Waals surface area contributed by atoms with Crippen LogP contribution in [0, 0.1) is 5.82 Å². The van der Waals surface area contributed by atoms with Gasteiger partial charge in [-0.1, -0.05) is 37.3 Å². The molecule has 0 aliphatic heterocycles. The molecule has 0 aliphatic carbocycles. The number of aryl methyl sites for hydroxylation is 1. The number of hydrogen-bond acceptors (Lipinski definition) is 2. The topological polar surface area (TPSA) is 21.3 Å². The molecule has 0 saturated heterocycles. The predicted octanol–water partition coefficient (Wildman–Crippen LogP) is 4.25. The summed E-state index contributed by atoms with van der Waals surface area (Å²) in [5.74, 6) is 0.315. The first-order chi connectivity index (χ1) is 10.1. The molecule has 21 heavy (non-hydrogen) atoms. The number of ether oxygens (including phenoxy) is 1. The lowest BCUT2D eigenvalue weighted by Crippen LogP contribution is -2.13. The highest BCUT2D eigenvalue weighted by atomic mass is 19.1. The minimum absolute atomic E-state index is 0.0133. The summed E-state index contributed by atoms with van der Waals surface area (Å²) in [6, 6.07) is 13.3. The van der Waals surface area contributed by atoms with E-state index in [4.69, 9.17) is 4.74 Å². The Morgan fingerprint density at radius 1 is 1.10 bits per heavy atom. The predicted molar refractivity (Wildman–Crippen MR) is 84.0 cm³/mol. The zero-order valence-electron chi connectivity index (χ0n) is 12.8. The highest BCUT2D eigenvalue weighted by Crippen LogP contribution is 2.22. The molecule has 1 atom stereocenters. The summed E-state index contributed by atoms with van der Waals surface area (Å²) in [5.41, 5.74) is 3.03. The van der Waals surface area contributed by atoms with Gasteiger partial charge in [-0.05, 0) is 37.6 Å². The third-order valence-corrected chi connectivity index (χ3v) is 3.71. The summed E-state index contributed by atoms with van der Waals surface area (Å²) >= 11 is 0. The fourth-order valence-electron chi connectivity index (χ4n) is 2.14. The molecule has 112 valence electrons. The maximum absolute atomic E-state index is 14.0. The van der Waals surface area contributed by atoms with Gasteiger partial charge in [0, 0.05) is 17.7 Å². The van der Waals surface area contributed by atoms with E-state index in [0.29, 0.717) is 17.9 Å². The summed E-state index contributed by atoms with van der Waals surface area (Å²) in [6.07, 6.45) is 1.03. The smallest absolute Gasteiger partial charge is 0.131 e. The van der Waals surface area contributed by atoms with Crippen LogP contribution in [0.4, 0.5) is 4.39 Å². The Morgan fingerprint density at radius 2 is 1.76 bits per heavy atom. The van der Waals surface area contributed by atoms with Crippen LogP contribution < -0.4 is 10.1 Å². The van der Waals surface area contributed by atoms with Gasteiger partial charge in [0.1, 0.15) is 18.2 Å². The highest BCUT2D eigenvalue weighted by Gasteiger charge is 2.10. The SMILES string of the molecule is CCc1ccc(COc2ccc(C(C)NC)c(F)c2)cc1. The Balaban J connectivity index is 2.01. The van der Waals surface area contributed by atoms with Crippen molar-refractivity contribution < 1.29 is 9.13 Å². The van der Waals surface area contributed by atoms with Gasteiger partial charge in [0.2, 0.25) is 0 Å². The molecule has 2 aromatic rings. The highest BCUT2D eigenvalue weighted by molar-refractivity contribution is 5.31. The van der Waals surface area contributed by atoms with Gasteiger partial charge in [0.05, 0.1) is 0 Å². The molecule has 0 aliphatic rings. The molecule has 0 heterocycles. The lowest BCUT2D eigenvalue weighted by Gasteiger charge is -2.13. The molecule has 0 saturated carbocycles.